The van der Waals surface area contributed by atoms with E-state index in [1.807, 2.05) is 32.9 Å². The van der Waals surface area contributed by atoms with E-state index in [9.17, 15) is 10.1 Å². The lowest BCUT2D eigenvalue weighted by atomic mass is 10.0. The second-order valence-electron chi connectivity index (χ2n) is 6.65. The maximum atomic E-state index is 11.8. The molecule has 1 N–H and O–H groups in total. The molecular formula is C17H22ClN3O2. The van der Waals surface area contributed by atoms with E-state index >= 15 is 0 Å². The third-order valence-electron chi connectivity index (χ3n) is 3.66. The first kappa shape index (κ1) is 17.4. The number of ether oxygens (including phenoxy) is 1. The predicted molar refractivity (Wildman–Crippen MR) is 90.8 cm³/mol. The van der Waals surface area contributed by atoms with Crippen LogP contribution in [0.4, 0.5) is 10.5 Å². The number of nitrogens with zero attached hydrogens (tertiary/aromatic N) is 2. The van der Waals surface area contributed by atoms with Crippen molar-refractivity contribution in [3.8, 4) is 6.07 Å². The van der Waals surface area contributed by atoms with E-state index in [1.54, 1.807) is 6.07 Å². The number of alkyl carbamates (subject to hydrolysis) is 1. The smallest absolute Gasteiger partial charge is 0.407 e. The molecule has 1 saturated heterocycles. The average Bonchev–Trinajstić information content (AvgIpc) is 2.45. The van der Waals surface area contributed by atoms with E-state index in [0.717, 1.165) is 31.6 Å². The topological polar surface area (TPSA) is 65.4 Å². The van der Waals surface area contributed by atoms with Crippen LogP contribution in [0.1, 0.15) is 39.2 Å². The first-order valence-corrected chi connectivity index (χ1v) is 8.11. The Labute approximate surface area is 142 Å². The Bertz CT molecular complexity index is 611. The minimum atomic E-state index is -0.493. The molecule has 1 aliphatic rings. The van der Waals surface area contributed by atoms with Crippen LogP contribution in [0, 0.1) is 11.3 Å². The lowest BCUT2D eigenvalue weighted by molar-refractivity contribution is 0.0497. The van der Waals surface area contributed by atoms with Crippen molar-refractivity contribution in [2.75, 3.05) is 18.0 Å². The van der Waals surface area contributed by atoms with Gasteiger partial charge in [-0.05, 0) is 45.7 Å². The number of nitrogens with one attached hydrogen (secondary N) is 1. The Balaban J connectivity index is 1.93. The maximum Gasteiger partial charge on any atom is 0.407 e. The summed E-state index contributed by atoms with van der Waals surface area (Å²) in [7, 11) is 0. The van der Waals surface area contributed by atoms with Crippen molar-refractivity contribution in [1.29, 1.82) is 5.26 Å². The average molecular weight is 336 g/mol. The molecule has 23 heavy (non-hydrogen) atoms. The first-order chi connectivity index (χ1) is 10.8. The molecule has 1 fully saturated rings. The number of anilines is 1. The van der Waals surface area contributed by atoms with E-state index in [0.29, 0.717) is 10.6 Å². The zero-order valence-electron chi connectivity index (χ0n) is 13.7. The van der Waals surface area contributed by atoms with Crippen LogP contribution in [0.25, 0.3) is 0 Å². The fourth-order valence-electron chi connectivity index (χ4n) is 2.63. The van der Waals surface area contributed by atoms with Gasteiger partial charge in [-0.25, -0.2) is 4.79 Å². The van der Waals surface area contributed by atoms with Gasteiger partial charge in [0.1, 0.15) is 11.7 Å². The van der Waals surface area contributed by atoms with Crippen LogP contribution in [0.15, 0.2) is 18.2 Å². The fraction of sp³-hybridized carbons (Fsp3) is 0.529. The van der Waals surface area contributed by atoms with Crippen molar-refractivity contribution in [3.63, 3.8) is 0 Å². The van der Waals surface area contributed by atoms with E-state index in [1.165, 1.54) is 0 Å². The third-order valence-corrected chi connectivity index (χ3v) is 3.97. The predicted octanol–water partition coefficient (Wildman–Crippen LogP) is 3.71. The van der Waals surface area contributed by atoms with Crippen molar-refractivity contribution < 1.29 is 9.53 Å². The Hall–Kier alpha value is -1.93. The van der Waals surface area contributed by atoms with Gasteiger partial charge >= 0.3 is 6.09 Å². The molecule has 0 aliphatic carbocycles. The van der Waals surface area contributed by atoms with Gasteiger partial charge in [0.05, 0.1) is 16.3 Å². The molecule has 5 nitrogen and oxygen atoms in total. The highest BCUT2D eigenvalue weighted by Crippen LogP contribution is 2.29. The number of nitriles is 1. The summed E-state index contributed by atoms with van der Waals surface area (Å²) >= 11 is 6.09. The number of carbonyl (C=O) groups is 1. The monoisotopic (exact) mass is 335 g/mol. The highest BCUT2D eigenvalue weighted by atomic mass is 35.5. The van der Waals surface area contributed by atoms with Gasteiger partial charge in [-0.2, -0.15) is 5.26 Å². The molecule has 1 heterocycles. The number of amides is 1. The fourth-order valence-corrected chi connectivity index (χ4v) is 2.84. The van der Waals surface area contributed by atoms with Gasteiger partial charge in [0.25, 0.3) is 0 Å². The summed E-state index contributed by atoms with van der Waals surface area (Å²) in [4.78, 5) is 14.0. The van der Waals surface area contributed by atoms with Crippen LogP contribution in [-0.2, 0) is 4.74 Å². The Morgan fingerprint density at radius 3 is 2.61 bits per heavy atom. The highest BCUT2D eigenvalue weighted by Gasteiger charge is 2.25. The van der Waals surface area contributed by atoms with Crippen LogP contribution in [-0.4, -0.2) is 30.8 Å². The van der Waals surface area contributed by atoms with Gasteiger partial charge in [0.2, 0.25) is 0 Å². The summed E-state index contributed by atoms with van der Waals surface area (Å²) in [6.07, 6.45) is 1.23. The van der Waals surface area contributed by atoms with Crippen LogP contribution in [0.3, 0.4) is 0 Å². The van der Waals surface area contributed by atoms with Crippen molar-refractivity contribution >= 4 is 23.4 Å². The summed E-state index contributed by atoms with van der Waals surface area (Å²) in [5.74, 6) is 0. The molecule has 1 aliphatic heterocycles. The highest BCUT2D eigenvalue weighted by molar-refractivity contribution is 6.32. The molecule has 0 saturated carbocycles. The van der Waals surface area contributed by atoms with Gasteiger partial charge in [-0.3, -0.25) is 0 Å². The van der Waals surface area contributed by atoms with Crippen molar-refractivity contribution in [2.24, 2.45) is 0 Å². The molecule has 0 unspecified atom stereocenters. The Kier molecular flexibility index (Phi) is 5.38. The number of halogens is 1. The van der Waals surface area contributed by atoms with Crippen molar-refractivity contribution in [3.05, 3.63) is 28.8 Å². The maximum absolute atomic E-state index is 11.8. The second kappa shape index (κ2) is 7.10. The minimum absolute atomic E-state index is 0.0887. The van der Waals surface area contributed by atoms with E-state index in [-0.39, 0.29) is 12.1 Å². The molecule has 0 atom stereocenters. The van der Waals surface area contributed by atoms with Gasteiger partial charge in [-0.1, -0.05) is 17.7 Å². The first-order valence-electron chi connectivity index (χ1n) is 7.73. The van der Waals surface area contributed by atoms with Gasteiger partial charge in [0, 0.05) is 19.1 Å². The van der Waals surface area contributed by atoms with Gasteiger partial charge < -0.3 is 15.0 Å². The molecule has 0 spiro atoms. The minimum Gasteiger partial charge on any atom is -0.444 e. The van der Waals surface area contributed by atoms with Gasteiger partial charge in [-0.15, -0.1) is 0 Å². The molecule has 1 aromatic carbocycles. The molecule has 2 rings (SSSR count). The summed E-state index contributed by atoms with van der Waals surface area (Å²) in [5.41, 5.74) is 0.872. The van der Waals surface area contributed by atoms with Crippen LogP contribution in [0.2, 0.25) is 5.02 Å². The third kappa shape index (κ3) is 4.77. The quantitative estimate of drug-likeness (QED) is 0.894. The van der Waals surface area contributed by atoms with E-state index in [4.69, 9.17) is 16.3 Å². The number of benzene rings is 1. The standard InChI is InChI=1S/C17H22ClN3O2/c1-17(2,3)23-16(22)20-12-7-9-21(10-8-12)15-6-4-5-14(18)13(15)11-19/h4-6,12H,7-10H2,1-3H3,(H,20,22). The molecule has 0 radical (unpaired) electrons. The van der Waals surface area contributed by atoms with E-state index in [2.05, 4.69) is 16.3 Å². The number of hydrogen-bond donors (Lipinski definition) is 1. The molecule has 1 aromatic rings. The van der Waals surface area contributed by atoms with Crippen molar-refractivity contribution in [2.45, 2.75) is 45.3 Å². The van der Waals surface area contributed by atoms with Gasteiger partial charge in [0.15, 0.2) is 0 Å². The Morgan fingerprint density at radius 1 is 1.39 bits per heavy atom. The number of piperidine rings is 1. The van der Waals surface area contributed by atoms with Crippen LogP contribution >= 0.6 is 11.6 Å². The molecular weight excluding hydrogens is 314 g/mol. The molecule has 124 valence electrons. The summed E-state index contributed by atoms with van der Waals surface area (Å²) in [5, 5.41) is 12.7. The molecule has 1 amide bonds. The second-order valence-corrected chi connectivity index (χ2v) is 7.06. The van der Waals surface area contributed by atoms with E-state index < -0.39 is 5.60 Å². The summed E-state index contributed by atoms with van der Waals surface area (Å²) in [6, 6.07) is 7.74. The Morgan fingerprint density at radius 2 is 2.04 bits per heavy atom. The molecule has 0 aromatic heterocycles. The lowest BCUT2D eigenvalue weighted by Crippen LogP contribution is -2.46. The van der Waals surface area contributed by atoms with Crippen molar-refractivity contribution in [1.82, 2.24) is 5.32 Å². The number of hydrogen-bond acceptors (Lipinski definition) is 4. The summed E-state index contributed by atoms with van der Waals surface area (Å²) in [6.45, 7) is 7.05. The van der Waals surface area contributed by atoms with Crippen LogP contribution in [0.5, 0.6) is 0 Å². The zero-order valence-corrected chi connectivity index (χ0v) is 14.5. The molecule has 0 bridgehead atoms. The number of carbonyl (C=O) groups excluding carboxylic acids is 1. The zero-order chi connectivity index (χ0) is 17.0. The number of rotatable bonds is 2. The summed E-state index contributed by atoms with van der Waals surface area (Å²) < 4.78 is 5.28. The lowest BCUT2D eigenvalue weighted by Gasteiger charge is -2.34. The largest absolute Gasteiger partial charge is 0.444 e. The SMILES string of the molecule is CC(C)(C)OC(=O)NC1CCN(c2cccc(Cl)c2C#N)CC1. The molecule has 6 heteroatoms. The van der Waals surface area contributed by atoms with Crippen LogP contribution < -0.4 is 10.2 Å². The normalized spacial score (nSPS) is 15.9.